The Hall–Kier alpha value is -2.54. The van der Waals surface area contributed by atoms with Crippen LogP contribution in [0.1, 0.15) is 15.9 Å². The smallest absolute Gasteiger partial charge is 0.276 e. The van der Waals surface area contributed by atoms with E-state index < -0.39 is 11.8 Å². The van der Waals surface area contributed by atoms with Gasteiger partial charge in [0.2, 0.25) is 0 Å². The summed E-state index contributed by atoms with van der Waals surface area (Å²) in [6.45, 7) is 1.68. The van der Waals surface area contributed by atoms with Crippen LogP contribution in [0.2, 0.25) is 0 Å². The second-order valence-electron chi connectivity index (χ2n) is 4.90. The van der Waals surface area contributed by atoms with E-state index in [1.165, 1.54) is 7.11 Å². The highest BCUT2D eigenvalue weighted by Gasteiger charge is 2.14. The number of benzene rings is 2. The van der Waals surface area contributed by atoms with E-state index in [1.54, 1.807) is 24.3 Å². The molecule has 0 saturated heterocycles. The molecule has 0 aliphatic heterocycles. The molecule has 0 unspecified atom stereocenters. The van der Waals surface area contributed by atoms with E-state index in [2.05, 4.69) is 26.8 Å². The van der Waals surface area contributed by atoms with Crippen molar-refractivity contribution < 1.29 is 19.1 Å². The number of nitrogens with one attached hydrogen (secondary N) is 2. The fourth-order valence-electron chi connectivity index (χ4n) is 1.95. The lowest BCUT2D eigenvalue weighted by Gasteiger charge is -2.12. The highest BCUT2D eigenvalue weighted by Crippen LogP contribution is 2.22. The number of rotatable bonds is 5. The first-order chi connectivity index (χ1) is 11.5. The number of carbonyl (C=O) groups is 2. The van der Waals surface area contributed by atoms with Crippen LogP contribution in [-0.2, 0) is 4.79 Å². The molecule has 0 heterocycles. The number of para-hydroxylation sites is 1. The quantitative estimate of drug-likeness (QED) is 0.766. The Balaban J connectivity index is 1.89. The summed E-state index contributed by atoms with van der Waals surface area (Å²) >= 11 is 3.29. The fraction of sp³-hybridized carbons (Fsp3) is 0.176. The van der Waals surface area contributed by atoms with Crippen LogP contribution < -0.4 is 20.3 Å². The third-order valence-corrected chi connectivity index (χ3v) is 3.67. The van der Waals surface area contributed by atoms with Crippen molar-refractivity contribution in [3.8, 4) is 11.5 Å². The van der Waals surface area contributed by atoms with Gasteiger partial charge in [-0.3, -0.25) is 20.4 Å². The monoisotopic (exact) mass is 392 g/mol. The number of hydrogen-bond donors (Lipinski definition) is 2. The second kappa shape index (κ2) is 8.35. The van der Waals surface area contributed by atoms with E-state index in [0.717, 1.165) is 10.0 Å². The number of carbonyl (C=O) groups excluding carboxylic acids is 2. The van der Waals surface area contributed by atoms with Crippen molar-refractivity contribution in [3.63, 3.8) is 0 Å². The minimum Gasteiger partial charge on any atom is -0.496 e. The van der Waals surface area contributed by atoms with Crippen molar-refractivity contribution in [3.05, 3.63) is 58.1 Å². The molecule has 126 valence electrons. The van der Waals surface area contributed by atoms with Crippen molar-refractivity contribution in [2.45, 2.75) is 6.92 Å². The average molecular weight is 393 g/mol. The number of aryl methyl sites for hydroxylation is 1. The van der Waals surface area contributed by atoms with Gasteiger partial charge in [-0.15, -0.1) is 0 Å². The fourth-order valence-corrected chi connectivity index (χ4v) is 2.31. The van der Waals surface area contributed by atoms with Crippen LogP contribution in [0.15, 0.2) is 46.9 Å². The summed E-state index contributed by atoms with van der Waals surface area (Å²) in [5.41, 5.74) is 5.86. The van der Waals surface area contributed by atoms with Crippen LogP contribution in [0.5, 0.6) is 11.5 Å². The van der Waals surface area contributed by atoms with Gasteiger partial charge in [0.05, 0.1) is 12.7 Å². The average Bonchev–Trinajstić information content (AvgIpc) is 2.59. The minimum atomic E-state index is -0.489. The molecule has 0 fully saturated rings. The van der Waals surface area contributed by atoms with E-state index in [0.29, 0.717) is 17.1 Å². The number of ether oxygens (including phenoxy) is 2. The molecular weight excluding hydrogens is 376 g/mol. The van der Waals surface area contributed by atoms with Gasteiger partial charge in [0.25, 0.3) is 11.8 Å². The van der Waals surface area contributed by atoms with Crippen molar-refractivity contribution in [2.24, 2.45) is 0 Å². The maximum absolute atomic E-state index is 12.1. The predicted molar refractivity (Wildman–Crippen MR) is 93.0 cm³/mol. The van der Waals surface area contributed by atoms with E-state index in [4.69, 9.17) is 9.47 Å². The molecule has 2 aromatic carbocycles. The molecule has 7 heteroatoms. The largest absolute Gasteiger partial charge is 0.496 e. The lowest BCUT2D eigenvalue weighted by molar-refractivity contribution is -0.123. The molecule has 0 spiro atoms. The van der Waals surface area contributed by atoms with Gasteiger partial charge in [-0.05, 0) is 36.8 Å². The van der Waals surface area contributed by atoms with Gasteiger partial charge < -0.3 is 9.47 Å². The van der Waals surface area contributed by atoms with Gasteiger partial charge in [-0.1, -0.05) is 34.1 Å². The molecule has 0 atom stereocenters. The standard InChI is InChI=1S/C17H17BrN2O4/c1-11-5-3-4-6-14(11)24-10-16(21)19-20-17(22)13-9-12(18)7-8-15(13)23-2/h3-9H,10H2,1-2H3,(H,19,21)(H,20,22). The Morgan fingerprint density at radius 2 is 1.83 bits per heavy atom. The van der Waals surface area contributed by atoms with Gasteiger partial charge >= 0.3 is 0 Å². The Kier molecular flexibility index (Phi) is 6.20. The van der Waals surface area contributed by atoms with Gasteiger partial charge in [0.15, 0.2) is 6.61 Å². The maximum atomic E-state index is 12.1. The van der Waals surface area contributed by atoms with Crippen LogP contribution in [0.25, 0.3) is 0 Å². The summed E-state index contributed by atoms with van der Waals surface area (Å²) in [5.74, 6) is 0.0618. The van der Waals surface area contributed by atoms with E-state index in [9.17, 15) is 9.59 Å². The number of hydrogen-bond acceptors (Lipinski definition) is 4. The molecule has 0 radical (unpaired) electrons. The first-order valence-corrected chi connectivity index (χ1v) is 7.91. The molecule has 2 aromatic rings. The van der Waals surface area contributed by atoms with Gasteiger partial charge in [0, 0.05) is 4.47 Å². The van der Waals surface area contributed by atoms with Crippen LogP contribution >= 0.6 is 15.9 Å². The summed E-state index contributed by atoms with van der Waals surface area (Å²) in [6.07, 6.45) is 0. The predicted octanol–water partition coefficient (Wildman–Crippen LogP) is 2.61. The number of hydrazine groups is 1. The lowest BCUT2D eigenvalue weighted by Crippen LogP contribution is -2.44. The van der Waals surface area contributed by atoms with Crippen molar-refractivity contribution >= 4 is 27.7 Å². The number of halogens is 1. The van der Waals surface area contributed by atoms with Crippen LogP contribution in [-0.4, -0.2) is 25.5 Å². The Labute approximate surface area is 148 Å². The molecule has 0 bridgehead atoms. The summed E-state index contributed by atoms with van der Waals surface area (Å²) in [7, 11) is 1.47. The second-order valence-corrected chi connectivity index (χ2v) is 5.82. The minimum absolute atomic E-state index is 0.208. The molecule has 2 rings (SSSR count). The zero-order valence-corrected chi connectivity index (χ0v) is 14.8. The highest BCUT2D eigenvalue weighted by molar-refractivity contribution is 9.10. The molecule has 0 aliphatic carbocycles. The number of amides is 2. The maximum Gasteiger partial charge on any atom is 0.276 e. The van der Waals surface area contributed by atoms with Crippen molar-refractivity contribution in [1.29, 1.82) is 0 Å². The first-order valence-electron chi connectivity index (χ1n) is 7.12. The van der Waals surface area contributed by atoms with Crippen LogP contribution in [0.4, 0.5) is 0 Å². The lowest BCUT2D eigenvalue weighted by atomic mass is 10.2. The summed E-state index contributed by atoms with van der Waals surface area (Å²) < 4.78 is 11.3. The molecule has 0 saturated carbocycles. The molecule has 2 N–H and O–H groups in total. The first kappa shape index (κ1) is 17.8. The Morgan fingerprint density at radius 3 is 2.54 bits per heavy atom. The van der Waals surface area contributed by atoms with E-state index in [-0.39, 0.29) is 6.61 Å². The van der Waals surface area contributed by atoms with Gasteiger partial charge in [0.1, 0.15) is 11.5 Å². The zero-order valence-electron chi connectivity index (χ0n) is 13.3. The van der Waals surface area contributed by atoms with E-state index in [1.807, 2.05) is 25.1 Å². The third-order valence-electron chi connectivity index (χ3n) is 3.17. The summed E-state index contributed by atoms with van der Waals surface area (Å²) in [4.78, 5) is 23.9. The normalized spacial score (nSPS) is 9.96. The van der Waals surface area contributed by atoms with Crippen LogP contribution in [0, 0.1) is 6.92 Å². The topological polar surface area (TPSA) is 76.7 Å². The molecule has 0 aliphatic rings. The highest BCUT2D eigenvalue weighted by atomic mass is 79.9. The number of methoxy groups -OCH3 is 1. The summed E-state index contributed by atoms with van der Waals surface area (Å²) in [5, 5.41) is 0. The zero-order chi connectivity index (χ0) is 17.5. The van der Waals surface area contributed by atoms with Crippen LogP contribution in [0.3, 0.4) is 0 Å². The molecule has 6 nitrogen and oxygen atoms in total. The van der Waals surface area contributed by atoms with E-state index >= 15 is 0 Å². The summed E-state index contributed by atoms with van der Waals surface area (Å²) in [6, 6.07) is 12.4. The Bertz CT molecular complexity index is 749. The van der Waals surface area contributed by atoms with Gasteiger partial charge in [-0.25, -0.2) is 0 Å². The van der Waals surface area contributed by atoms with Crippen molar-refractivity contribution in [1.82, 2.24) is 10.9 Å². The Morgan fingerprint density at radius 1 is 1.08 bits per heavy atom. The SMILES string of the molecule is COc1ccc(Br)cc1C(=O)NNC(=O)COc1ccccc1C. The van der Waals surface area contributed by atoms with Crippen molar-refractivity contribution in [2.75, 3.05) is 13.7 Å². The molecular formula is C17H17BrN2O4. The third kappa shape index (κ3) is 4.73. The molecule has 24 heavy (non-hydrogen) atoms. The molecule has 0 aromatic heterocycles. The molecule has 2 amide bonds. The van der Waals surface area contributed by atoms with Gasteiger partial charge in [-0.2, -0.15) is 0 Å².